The maximum atomic E-state index is 11.3. The van der Waals surface area contributed by atoms with E-state index in [0.717, 1.165) is 11.4 Å². The maximum absolute atomic E-state index is 11.3. The molecule has 0 bridgehead atoms. The molecular weight excluding hydrogens is 328 g/mol. The van der Waals surface area contributed by atoms with Crippen LogP contribution in [0.3, 0.4) is 0 Å². The van der Waals surface area contributed by atoms with Crippen LogP contribution >= 0.6 is 0 Å². The van der Waals surface area contributed by atoms with Gasteiger partial charge in [-0.2, -0.15) is 0 Å². The van der Waals surface area contributed by atoms with Crippen molar-refractivity contribution >= 4 is 11.7 Å². The third-order valence-electron chi connectivity index (χ3n) is 3.99. The molecule has 0 atom stereocenters. The van der Waals surface area contributed by atoms with Crippen molar-refractivity contribution in [2.75, 3.05) is 11.9 Å². The zero-order chi connectivity index (χ0) is 18.6. The van der Waals surface area contributed by atoms with Gasteiger partial charge in [0.2, 0.25) is 5.91 Å². The zero-order valence-corrected chi connectivity index (χ0v) is 14.7. The molecule has 3 aromatic rings. The maximum Gasteiger partial charge on any atom is 0.248 e. The van der Waals surface area contributed by atoms with Crippen LogP contribution in [0.5, 0.6) is 0 Å². The summed E-state index contributed by atoms with van der Waals surface area (Å²) in [6.07, 6.45) is 3.47. The Bertz CT molecular complexity index is 893. The van der Waals surface area contributed by atoms with Gasteiger partial charge in [0.1, 0.15) is 11.6 Å². The first kappa shape index (κ1) is 17.5. The first-order chi connectivity index (χ1) is 12.5. The first-order valence-electron chi connectivity index (χ1n) is 8.21. The molecule has 7 heteroatoms. The van der Waals surface area contributed by atoms with Crippen molar-refractivity contribution in [2.45, 2.75) is 19.3 Å². The fraction of sp³-hybridized carbons (Fsp3) is 0.211. The van der Waals surface area contributed by atoms with E-state index in [1.54, 1.807) is 36.7 Å². The summed E-state index contributed by atoms with van der Waals surface area (Å²) in [5.41, 5.74) is 6.97. The Morgan fingerprint density at radius 1 is 1.08 bits per heavy atom. The van der Waals surface area contributed by atoms with E-state index in [1.165, 1.54) is 0 Å². The van der Waals surface area contributed by atoms with Gasteiger partial charge in [0, 0.05) is 35.5 Å². The van der Waals surface area contributed by atoms with E-state index in [1.807, 2.05) is 18.2 Å². The Hall–Kier alpha value is -3.35. The molecule has 132 valence electrons. The van der Waals surface area contributed by atoms with Crippen LogP contribution in [0.15, 0.2) is 54.9 Å². The number of amides is 1. The quantitative estimate of drug-likeness (QED) is 0.708. The molecule has 3 rings (SSSR count). The van der Waals surface area contributed by atoms with Crippen LogP contribution in [0.4, 0.5) is 5.82 Å². The minimum absolute atomic E-state index is 0.253. The number of carbonyl (C=O) groups excluding carboxylic acids is 1. The van der Waals surface area contributed by atoms with Crippen LogP contribution in [-0.2, 0) is 5.41 Å². The molecule has 0 aliphatic rings. The van der Waals surface area contributed by atoms with Crippen LogP contribution in [0, 0.1) is 0 Å². The number of hydrogen-bond acceptors (Lipinski definition) is 6. The number of nitrogens with one attached hydrogen (secondary N) is 1. The average Bonchev–Trinajstić information content (AvgIpc) is 2.68. The van der Waals surface area contributed by atoms with Crippen molar-refractivity contribution in [3.05, 3.63) is 66.2 Å². The number of anilines is 1. The van der Waals surface area contributed by atoms with E-state index in [4.69, 9.17) is 5.73 Å². The van der Waals surface area contributed by atoms with Gasteiger partial charge in [-0.3, -0.25) is 4.79 Å². The predicted molar refractivity (Wildman–Crippen MR) is 99.5 cm³/mol. The Morgan fingerprint density at radius 2 is 1.85 bits per heavy atom. The summed E-state index contributed by atoms with van der Waals surface area (Å²) in [7, 11) is 0. The first-order valence-corrected chi connectivity index (χ1v) is 8.21. The number of rotatable bonds is 6. The lowest BCUT2D eigenvalue weighted by Gasteiger charge is -2.23. The van der Waals surface area contributed by atoms with Crippen molar-refractivity contribution in [3.8, 4) is 11.3 Å². The summed E-state index contributed by atoms with van der Waals surface area (Å²) in [6, 6.07) is 12.5. The van der Waals surface area contributed by atoms with Gasteiger partial charge in [0.15, 0.2) is 0 Å². The van der Waals surface area contributed by atoms with Gasteiger partial charge < -0.3 is 11.1 Å². The lowest BCUT2D eigenvalue weighted by molar-refractivity contribution is 0.100. The van der Waals surface area contributed by atoms with E-state index >= 15 is 0 Å². The molecule has 0 aliphatic carbocycles. The lowest BCUT2D eigenvalue weighted by Crippen LogP contribution is -2.30. The molecule has 0 radical (unpaired) electrons. The highest BCUT2D eigenvalue weighted by Crippen LogP contribution is 2.21. The molecule has 2 heterocycles. The molecule has 2 aromatic heterocycles. The van der Waals surface area contributed by atoms with Crippen LogP contribution in [0.25, 0.3) is 11.3 Å². The average molecular weight is 348 g/mol. The smallest absolute Gasteiger partial charge is 0.248 e. The second kappa shape index (κ2) is 7.26. The summed E-state index contributed by atoms with van der Waals surface area (Å²) in [5, 5.41) is 11.7. The van der Waals surface area contributed by atoms with Gasteiger partial charge in [-0.05, 0) is 30.3 Å². The van der Waals surface area contributed by atoms with Gasteiger partial charge in [-0.25, -0.2) is 9.97 Å². The van der Waals surface area contributed by atoms with Gasteiger partial charge in [-0.1, -0.05) is 26.0 Å². The lowest BCUT2D eigenvalue weighted by atomic mass is 9.92. The topological polar surface area (TPSA) is 107 Å². The third-order valence-corrected chi connectivity index (χ3v) is 3.99. The molecular formula is C19H20N6O. The highest BCUT2D eigenvalue weighted by atomic mass is 16.1. The molecule has 0 aliphatic heterocycles. The molecule has 0 fully saturated rings. The van der Waals surface area contributed by atoms with Crippen LogP contribution in [0.2, 0.25) is 0 Å². The highest BCUT2D eigenvalue weighted by Gasteiger charge is 2.23. The van der Waals surface area contributed by atoms with Gasteiger partial charge >= 0.3 is 0 Å². The van der Waals surface area contributed by atoms with Crippen LogP contribution < -0.4 is 11.1 Å². The fourth-order valence-electron chi connectivity index (χ4n) is 2.45. The van der Waals surface area contributed by atoms with Crippen molar-refractivity contribution in [2.24, 2.45) is 5.73 Å². The van der Waals surface area contributed by atoms with Gasteiger partial charge in [0.25, 0.3) is 0 Å². The fourth-order valence-corrected chi connectivity index (χ4v) is 2.45. The number of carbonyl (C=O) groups is 1. The molecule has 3 N–H and O–H groups in total. The minimum atomic E-state index is -0.469. The van der Waals surface area contributed by atoms with Crippen LogP contribution in [-0.4, -0.2) is 32.6 Å². The Morgan fingerprint density at radius 3 is 2.50 bits per heavy atom. The second-order valence-electron chi connectivity index (χ2n) is 6.56. The largest absolute Gasteiger partial charge is 0.368 e. The van der Waals surface area contributed by atoms with E-state index in [9.17, 15) is 4.79 Å². The minimum Gasteiger partial charge on any atom is -0.368 e. The molecule has 7 nitrogen and oxygen atoms in total. The molecule has 1 aromatic carbocycles. The number of nitrogens with two attached hydrogens (primary N) is 1. The zero-order valence-electron chi connectivity index (χ0n) is 14.7. The summed E-state index contributed by atoms with van der Waals surface area (Å²) < 4.78 is 0. The van der Waals surface area contributed by atoms with E-state index in [2.05, 4.69) is 39.3 Å². The number of hydrogen-bond donors (Lipinski definition) is 2. The highest BCUT2D eigenvalue weighted by molar-refractivity contribution is 5.93. The molecule has 26 heavy (non-hydrogen) atoms. The molecule has 0 spiro atoms. The van der Waals surface area contributed by atoms with Crippen molar-refractivity contribution in [1.29, 1.82) is 0 Å². The van der Waals surface area contributed by atoms with Gasteiger partial charge in [-0.15, -0.1) is 10.2 Å². The summed E-state index contributed by atoms with van der Waals surface area (Å²) in [4.78, 5) is 19.9. The molecule has 0 saturated carbocycles. The summed E-state index contributed by atoms with van der Waals surface area (Å²) in [5.74, 6) is 0.951. The summed E-state index contributed by atoms with van der Waals surface area (Å²) in [6.45, 7) is 4.74. The number of benzene rings is 1. The van der Waals surface area contributed by atoms with Crippen molar-refractivity contribution < 1.29 is 4.79 Å². The normalized spacial score (nSPS) is 11.2. The number of aromatic nitrogens is 4. The standard InChI is InChI=1S/C19H20N6O/c1-19(2,18-21-9-4-10-22-18)12-23-16-8-7-15(24-25-16)13-5-3-6-14(11-13)17(20)26/h3-11H,12H2,1-2H3,(H2,20,26)(H,23,25). The Labute approximate surface area is 151 Å². The molecule has 1 amide bonds. The molecule has 0 saturated heterocycles. The van der Waals surface area contributed by atoms with E-state index in [-0.39, 0.29) is 5.41 Å². The number of primary amides is 1. The summed E-state index contributed by atoms with van der Waals surface area (Å²) >= 11 is 0. The van der Waals surface area contributed by atoms with Crippen molar-refractivity contribution in [3.63, 3.8) is 0 Å². The van der Waals surface area contributed by atoms with Crippen molar-refractivity contribution in [1.82, 2.24) is 20.2 Å². The predicted octanol–water partition coefficient (Wildman–Crippen LogP) is 2.42. The SMILES string of the molecule is CC(C)(CNc1ccc(-c2cccc(C(N)=O)c2)nn1)c1ncccn1. The second-order valence-corrected chi connectivity index (χ2v) is 6.56. The van der Waals surface area contributed by atoms with Gasteiger partial charge in [0.05, 0.1) is 5.69 Å². The number of nitrogens with zero attached hydrogens (tertiary/aromatic N) is 4. The molecule has 0 unspecified atom stereocenters. The van der Waals surface area contributed by atoms with E-state index in [0.29, 0.717) is 23.6 Å². The Kier molecular flexibility index (Phi) is 4.88. The third kappa shape index (κ3) is 4.00. The van der Waals surface area contributed by atoms with Crippen LogP contribution in [0.1, 0.15) is 30.0 Å². The monoisotopic (exact) mass is 348 g/mol. The van der Waals surface area contributed by atoms with E-state index < -0.39 is 5.91 Å². The Balaban J connectivity index is 1.70.